The maximum Gasteiger partial charge on any atom is 0.232 e. The Morgan fingerprint density at radius 1 is 1.08 bits per heavy atom. The van der Waals surface area contributed by atoms with Gasteiger partial charge in [-0.3, -0.25) is 4.79 Å². The number of aliphatic hydroxyl groups is 1. The third-order valence-corrected chi connectivity index (χ3v) is 7.85. The molecule has 2 unspecified atom stereocenters. The number of aromatic nitrogens is 1. The number of pyridine rings is 1. The minimum absolute atomic E-state index is 0.00108. The zero-order valence-corrected chi connectivity index (χ0v) is 22.1. The van der Waals surface area contributed by atoms with E-state index in [1.165, 1.54) is 13.1 Å². The molecule has 2 atom stereocenters. The number of halogens is 1. The van der Waals surface area contributed by atoms with Gasteiger partial charge in [0, 0.05) is 34.6 Å². The fourth-order valence-electron chi connectivity index (χ4n) is 5.53. The smallest absolute Gasteiger partial charge is 0.232 e. The highest BCUT2D eigenvalue weighted by atomic mass is 35.5. The van der Waals surface area contributed by atoms with Crippen LogP contribution in [0.4, 0.5) is 0 Å². The molecule has 5 aromatic rings. The summed E-state index contributed by atoms with van der Waals surface area (Å²) < 4.78 is 6.56. The van der Waals surface area contributed by atoms with E-state index < -0.39 is 5.60 Å². The minimum Gasteiger partial charge on any atom is -0.618 e. The van der Waals surface area contributed by atoms with Crippen LogP contribution in [0.15, 0.2) is 102 Å². The first-order chi connectivity index (χ1) is 18.8. The van der Waals surface area contributed by atoms with Gasteiger partial charge in [0.1, 0.15) is 11.3 Å². The predicted molar refractivity (Wildman–Crippen MR) is 149 cm³/mol. The number of hydrogen-bond donors (Lipinski definition) is 1. The quantitative estimate of drug-likeness (QED) is 0.230. The monoisotopic (exact) mass is 538 g/mol. The third kappa shape index (κ3) is 4.56. The van der Waals surface area contributed by atoms with Gasteiger partial charge in [-0.15, -0.1) is 0 Å². The number of carbonyl (C=O) groups is 1. The summed E-state index contributed by atoms with van der Waals surface area (Å²) in [6.07, 6.45) is 2.28. The Bertz CT molecular complexity index is 1680. The topological polar surface area (TPSA) is 80.6 Å². The first kappa shape index (κ1) is 25.2. The van der Waals surface area contributed by atoms with Gasteiger partial charge in [0.05, 0.1) is 12.5 Å². The number of benzene rings is 3. The molecule has 0 saturated heterocycles. The Balaban J connectivity index is 1.30. The molecular formula is C32H27ClN2O4. The van der Waals surface area contributed by atoms with Gasteiger partial charge in [-0.25, -0.2) is 0 Å². The molecule has 0 aliphatic carbocycles. The Morgan fingerprint density at radius 2 is 1.87 bits per heavy atom. The van der Waals surface area contributed by atoms with E-state index in [1.807, 2.05) is 59.5 Å². The maximum absolute atomic E-state index is 13.8. The summed E-state index contributed by atoms with van der Waals surface area (Å²) in [5.74, 6) is 0.254. The highest BCUT2D eigenvalue weighted by Crippen LogP contribution is 2.40. The van der Waals surface area contributed by atoms with E-state index in [0.717, 1.165) is 34.1 Å². The second-order valence-electron chi connectivity index (χ2n) is 10.1. The van der Waals surface area contributed by atoms with Crippen molar-refractivity contribution in [1.29, 1.82) is 0 Å². The molecule has 2 aromatic heterocycles. The number of furan rings is 1. The van der Waals surface area contributed by atoms with Gasteiger partial charge in [-0.05, 0) is 60.4 Å². The van der Waals surface area contributed by atoms with Crippen molar-refractivity contribution in [3.8, 4) is 0 Å². The Hall–Kier alpha value is -4.13. The van der Waals surface area contributed by atoms with Gasteiger partial charge in [0.2, 0.25) is 17.2 Å². The lowest BCUT2D eigenvalue weighted by atomic mass is 9.87. The van der Waals surface area contributed by atoms with Crippen LogP contribution in [0, 0.1) is 5.21 Å². The summed E-state index contributed by atoms with van der Waals surface area (Å²) in [6, 6.07) is 27.8. The second kappa shape index (κ2) is 9.88. The van der Waals surface area contributed by atoms with E-state index in [9.17, 15) is 15.1 Å². The second-order valence-corrected chi connectivity index (χ2v) is 10.5. The molecule has 1 N–H and O–H groups in total. The van der Waals surface area contributed by atoms with Gasteiger partial charge in [0.15, 0.2) is 6.20 Å². The van der Waals surface area contributed by atoms with E-state index in [1.54, 1.807) is 30.3 Å². The molecule has 1 aliphatic rings. The van der Waals surface area contributed by atoms with Crippen molar-refractivity contribution >= 4 is 28.5 Å². The number of rotatable bonds is 5. The summed E-state index contributed by atoms with van der Waals surface area (Å²) in [5, 5.41) is 24.9. The van der Waals surface area contributed by atoms with Crippen LogP contribution in [0.25, 0.3) is 11.0 Å². The summed E-state index contributed by atoms with van der Waals surface area (Å²) in [7, 11) is 0. The summed E-state index contributed by atoms with van der Waals surface area (Å²) >= 11 is 6.69. The average molecular weight is 539 g/mol. The van der Waals surface area contributed by atoms with E-state index in [0.29, 0.717) is 21.9 Å². The molecule has 0 spiro atoms. The largest absolute Gasteiger partial charge is 0.618 e. The average Bonchev–Trinajstić information content (AvgIpc) is 3.38. The molecule has 3 heterocycles. The van der Waals surface area contributed by atoms with Crippen LogP contribution in [-0.2, 0) is 23.2 Å². The highest BCUT2D eigenvalue weighted by molar-refractivity contribution is 6.31. The lowest BCUT2D eigenvalue weighted by Crippen LogP contribution is -2.41. The fraction of sp³-hybridized carbons (Fsp3) is 0.188. The van der Waals surface area contributed by atoms with Crippen molar-refractivity contribution in [3.63, 3.8) is 0 Å². The first-order valence-electron chi connectivity index (χ1n) is 12.9. The van der Waals surface area contributed by atoms with Crippen LogP contribution in [0.5, 0.6) is 0 Å². The standard InChI is InChI=1S/C32H27ClN2O4/c1-32(37,27-12-5-6-16-35(27)38)28-20-24-18-21(13-14-26(24)39-28)19-29(36)34-17-15-22-10-7-11-25(33)30(22)31(34)23-8-3-2-4-9-23/h2-14,16,18,20,31,37H,15,17,19H2,1H3. The van der Waals surface area contributed by atoms with Crippen LogP contribution in [0.2, 0.25) is 5.02 Å². The lowest BCUT2D eigenvalue weighted by Gasteiger charge is -2.38. The van der Waals surface area contributed by atoms with Gasteiger partial charge < -0.3 is 19.6 Å². The van der Waals surface area contributed by atoms with Gasteiger partial charge in [0.25, 0.3) is 0 Å². The molecular weight excluding hydrogens is 512 g/mol. The zero-order chi connectivity index (χ0) is 27.1. The third-order valence-electron chi connectivity index (χ3n) is 7.52. The molecule has 6 rings (SSSR count). The zero-order valence-electron chi connectivity index (χ0n) is 21.4. The Morgan fingerprint density at radius 3 is 2.67 bits per heavy atom. The lowest BCUT2D eigenvalue weighted by molar-refractivity contribution is -0.621. The SMILES string of the molecule is CC(O)(c1cc2cc(CC(=O)N3CCc4cccc(Cl)c4C3c3ccccc3)ccc2o1)c1cccc[n+]1[O-]. The van der Waals surface area contributed by atoms with Crippen LogP contribution >= 0.6 is 11.6 Å². The summed E-state index contributed by atoms with van der Waals surface area (Å²) in [5.41, 5.74) is 3.10. The maximum atomic E-state index is 13.8. The van der Waals surface area contributed by atoms with Gasteiger partial charge in [-0.2, -0.15) is 4.73 Å². The van der Waals surface area contributed by atoms with E-state index in [-0.39, 0.29) is 29.8 Å². The molecule has 0 bridgehead atoms. The molecule has 196 valence electrons. The van der Waals surface area contributed by atoms with Crippen molar-refractivity contribution in [2.45, 2.75) is 31.4 Å². The van der Waals surface area contributed by atoms with Gasteiger partial charge in [-0.1, -0.05) is 60.1 Å². The molecule has 0 radical (unpaired) electrons. The number of carbonyl (C=O) groups excluding carboxylic acids is 1. The Kier molecular flexibility index (Phi) is 6.37. The van der Waals surface area contributed by atoms with Crippen LogP contribution in [0.3, 0.4) is 0 Å². The minimum atomic E-state index is -1.62. The van der Waals surface area contributed by atoms with E-state index >= 15 is 0 Å². The summed E-state index contributed by atoms with van der Waals surface area (Å²) in [4.78, 5) is 15.7. The number of hydrogen-bond acceptors (Lipinski definition) is 4. The molecule has 6 nitrogen and oxygen atoms in total. The first-order valence-corrected chi connectivity index (χ1v) is 13.3. The van der Waals surface area contributed by atoms with Crippen LogP contribution < -0.4 is 4.73 Å². The van der Waals surface area contributed by atoms with E-state index in [4.69, 9.17) is 16.0 Å². The van der Waals surface area contributed by atoms with Crippen LogP contribution in [0.1, 0.15) is 46.7 Å². The van der Waals surface area contributed by atoms with Crippen molar-refractivity contribution in [1.82, 2.24) is 4.90 Å². The highest BCUT2D eigenvalue weighted by Gasteiger charge is 2.37. The molecule has 1 amide bonds. The van der Waals surface area contributed by atoms with E-state index in [2.05, 4.69) is 6.07 Å². The normalized spacial score (nSPS) is 16.6. The van der Waals surface area contributed by atoms with Crippen molar-refractivity contribution < 1.29 is 19.0 Å². The Labute approximate surface area is 231 Å². The fourth-order valence-corrected chi connectivity index (χ4v) is 5.83. The number of amides is 1. The molecule has 3 aromatic carbocycles. The molecule has 39 heavy (non-hydrogen) atoms. The molecule has 0 saturated carbocycles. The van der Waals surface area contributed by atoms with Crippen molar-refractivity contribution in [3.05, 3.63) is 141 Å². The molecule has 1 aliphatic heterocycles. The van der Waals surface area contributed by atoms with Crippen LogP contribution in [-0.4, -0.2) is 22.5 Å². The molecule has 7 heteroatoms. The van der Waals surface area contributed by atoms with Gasteiger partial charge >= 0.3 is 0 Å². The number of nitrogens with zero attached hydrogens (tertiary/aromatic N) is 2. The summed E-state index contributed by atoms with van der Waals surface area (Å²) in [6.45, 7) is 2.13. The number of fused-ring (bicyclic) bond motifs is 2. The molecule has 0 fully saturated rings. The van der Waals surface area contributed by atoms with Crippen molar-refractivity contribution in [2.24, 2.45) is 0 Å². The van der Waals surface area contributed by atoms with Crippen molar-refractivity contribution in [2.75, 3.05) is 6.54 Å². The predicted octanol–water partition coefficient (Wildman–Crippen LogP) is 5.69.